The highest BCUT2D eigenvalue weighted by molar-refractivity contribution is 7.89. The van der Waals surface area contributed by atoms with Crippen LogP contribution in [0, 0.1) is 5.41 Å². The molecule has 0 heterocycles. The first-order valence-electron chi connectivity index (χ1n) is 5.90. The Bertz CT molecular complexity index is 632. The minimum absolute atomic E-state index is 0.228. The Morgan fingerprint density at radius 3 is 2.30 bits per heavy atom. The number of sulfonamides is 1. The van der Waals surface area contributed by atoms with Crippen LogP contribution in [0.1, 0.15) is 20.8 Å². The maximum absolute atomic E-state index is 11.9. The van der Waals surface area contributed by atoms with Crippen LogP contribution in [0.15, 0.2) is 33.4 Å². The lowest BCUT2D eigenvalue weighted by atomic mass is 9.96. The van der Waals surface area contributed by atoms with Crippen molar-refractivity contribution in [2.24, 2.45) is 14.8 Å². The summed E-state index contributed by atoms with van der Waals surface area (Å²) >= 11 is 0. The van der Waals surface area contributed by atoms with Gasteiger partial charge in [-0.05, 0) is 12.2 Å². The van der Waals surface area contributed by atoms with Gasteiger partial charge < -0.3 is 4.74 Å². The topological polar surface area (TPSA) is 85.2 Å². The van der Waals surface area contributed by atoms with Gasteiger partial charge in [0.15, 0.2) is 0 Å². The quantitative estimate of drug-likeness (QED) is 0.723. The summed E-state index contributed by atoms with van der Waals surface area (Å²) < 4.78 is 30.9. The third-order valence-electron chi connectivity index (χ3n) is 2.30. The van der Waals surface area contributed by atoms with E-state index in [-0.39, 0.29) is 11.6 Å². The van der Waals surface area contributed by atoms with E-state index in [0.29, 0.717) is 11.5 Å². The fourth-order valence-electron chi connectivity index (χ4n) is 1.28. The number of nitrogens with zero attached hydrogens (tertiary/aromatic N) is 2. The molecule has 0 fully saturated rings. The van der Waals surface area contributed by atoms with Crippen LogP contribution in [0.5, 0.6) is 0 Å². The zero-order valence-corrected chi connectivity index (χ0v) is 13.0. The van der Waals surface area contributed by atoms with Crippen molar-refractivity contribution >= 4 is 27.4 Å². The van der Waals surface area contributed by atoms with Gasteiger partial charge in [-0.2, -0.15) is 4.40 Å². The summed E-state index contributed by atoms with van der Waals surface area (Å²) in [6, 6.07) is 0. The van der Waals surface area contributed by atoms with Crippen molar-refractivity contribution in [3.05, 3.63) is 24.0 Å². The first kappa shape index (κ1) is 16.3. The van der Waals surface area contributed by atoms with Crippen LogP contribution in [0.25, 0.3) is 0 Å². The smallest absolute Gasteiger partial charge is 0.251 e. The van der Waals surface area contributed by atoms with Gasteiger partial charge in [0.05, 0.1) is 19.1 Å². The first-order chi connectivity index (χ1) is 9.03. The Hall–Kier alpha value is -1.76. The molecule has 0 atom stereocenters. The molecule has 1 aliphatic carbocycles. The second-order valence-corrected chi connectivity index (χ2v) is 7.00. The lowest BCUT2D eigenvalue weighted by molar-refractivity contribution is -0.124. The summed E-state index contributed by atoms with van der Waals surface area (Å²) in [5, 5.41) is 0. The maximum Gasteiger partial charge on any atom is 0.251 e. The molecule has 1 aliphatic rings. The summed E-state index contributed by atoms with van der Waals surface area (Å²) in [5.74, 6) is 0.0103. The van der Waals surface area contributed by atoms with Crippen molar-refractivity contribution in [3.8, 4) is 0 Å². The predicted octanol–water partition coefficient (Wildman–Crippen LogP) is 1.50. The molecular weight excluding hydrogens is 280 g/mol. The van der Waals surface area contributed by atoms with Crippen molar-refractivity contribution < 1.29 is 17.9 Å². The highest BCUT2D eigenvalue weighted by Gasteiger charge is 2.22. The summed E-state index contributed by atoms with van der Waals surface area (Å²) in [6.07, 6.45) is 5.40. The maximum atomic E-state index is 11.9. The third-order valence-corrected chi connectivity index (χ3v) is 2.84. The van der Waals surface area contributed by atoms with Gasteiger partial charge >= 0.3 is 0 Å². The molecule has 0 aromatic rings. The average Bonchev–Trinajstić information content (AvgIpc) is 2.27. The van der Waals surface area contributed by atoms with Crippen LogP contribution in [-0.4, -0.2) is 39.1 Å². The molecule has 0 unspecified atom stereocenters. The fourth-order valence-corrected chi connectivity index (χ4v) is 1.78. The molecule has 1 amide bonds. The molecule has 0 N–H and O–H groups in total. The Kier molecular flexibility index (Phi) is 4.65. The number of aliphatic imine (C=N–C) groups is 1. The molecule has 20 heavy (non-hydrogen) atoms. The number of hydrogen-bond acceptors (Lipinski definition) is 4. The average molecular weight is 298 g/mol. The van der Waals surface area contributed by atoms with E-state index in [9.17, 15) is 13.2 Å². The lowest BCUT2D eigenvalue weighted by Gasteiger charge is -2.15. The van der Waals surface area contributed by atoms with Gasteiger partial charge in [-0.15, -0.1) is 0 Å². The van der Waals surface area contributed by atoms with Crippen molar-refractivity contribution in [1.29, 1.82) is 0 Å². The summed E-state index contributed by atoms with van der Waals surface area (Å²) in [7, 11) is -2.07. The number of allylic oxidation sites excluding steroid dienone is 3. The van der Waals surface area contributed by atoms with Crippen LogP contribution in [-0.2, 0) is 19.6 Å². The summed E-state index contributed by atoms with van der Waals surface area (Å²) in [6.45, 7) is 5.29. The normalized spacial score (nSPS) is 20.1. The van der Waals surface area contributed by atoms with Crippen LogP contribution >= 0.6 is 0 Å². The molecule has 0 radical (unpaired) electrons. The second-order valence-electron chi connectivity index (χ2n) is 5.35. The van der Waals surface area contributed by atoms with E-state index in [2.05, 4.69) is 9.39 Å². The predicted molar refractivity (Wildman–Crippen MR) is 78.4 cm³/mol. The Morgan fingerprint density at radius 1 is 1.25 bits per heavy atom. The van der Waals surface area contributed by atoms with Gasteiger partial charge in [0.1, 0.15) is 11.5 Å². The van der Waals surface area contributed by atoms with Gasteiger partial charge in [-0.1, -0.05) is 20.8 Å². The van der Waals surface area contributed by atoms with E-state index >= 15 is 0 Å². The number of rotatable bonds is 2. The van der Waals surface area contributed by atoms with Gasteiger partial charge in [0, 0.05) is 11.5 Å². The van der Waals surface area contributed by atoms with Crippen molar-refractivity contribution in [2.45, 2.75) is 20.8 Å². The van der Waals surface area contributed by atoms with Gasteiger partial charge in [0.25, 0.3) is 15.9 Å². The van der Waals surface area contributed by atoms with E-state index in [1.54, 1.807) is 20.8 Å². The summed E-state index contributed by atoms with van der Waals surface area (Å²) in [5.41, 5.74) is -0.0211. The second kappa shape index (κ2) is 5.70. The molecule has 0 bridgehead atoms. The monoisotopic (exact) mass is 298 g/mol. The minimum atomic E-state index is -3.49. The Morgan fingerprint density at radius 2 is 1.85 bits per heavy atom. The molecule has 0 aromatic heterocycles. The number of carbonyl (C=O) groups excluding carboxylic acids is 1. The van der Waals surface area contributed by atoms with Crippen LogP contribution in [0.3, 0.4) is 0 Å². The lowest BCUT2D eigenvalue weighted by Crippen LogP contribution is -2.21. The number of ether oxygens (including phenoxy) is 1. The molecule has 7 heteroatoms. The number of hydrogen-bond donors (Lipinski definition) is 0. The van der Waals surface area contributed by atoms with E-state index in [1.807, 2.05) is 0 Å². The van der Waals surface area contributed by atoms with E-state index in [1.165, 1.54) is 25.3 Å². The van der Waals surface area contributed by atoms with Crippen molar-refractivity contribution in [2.75, 3.05) is 13.4 Å². The fraction of sp³-hybridized carbons (Fsp3) is 0.462. The molecule has 110 valence electrons. The van der Waals surface area contributed by atoms with E-state index in [4.69, 9.17) is 4.74 Å². The minimum Gasteiger partial charge on any atom is -0.494 e. The molecule has 1 rings (SSSR count). The van der Waals surface area contributed by atoms with Crippen molar-refractivity contribution in [3.63, 3.8) is 0 Å². The molecule has 6 nitrogen and oxygen atoms in total. The third kappa shape index (κ3) is 4.73. The number of carbonyl (C=O) groups is 1. The van der Waals surface area contributed by atoms with Gasteiger partial charge in [-0.3, -0.25) is 4.79 Å². The SMILES string of the molecule is COC1=C/C(=N/S(C)(=O)=O)C=CC1=NC(=O)C(C)(C)C. The Labute approximate surface area is 119 Å². The molecule has 0 spiro atoms. The first-order valence-corrected chi connectivity index (χ1v) is 7.75. The zero-order chi connectivity index (χ0) is 15.6. The largest absolute Gasteiger partial charge is 0.494 e. The van der Waals surface area contributed by atoms with Gasteiger partial charge in [0.2, 0.25) is 0 Å². The van der Waals surface area contributed by atoms with Crippen LogP contribution < -0.4 is 0 Å². The zero-order valence-electron chi connectivity index (χ0n) is 12.2. The highest BCUT2D eigenvalue weighted by Crippen LogP contribution is 2.17. The molecular formula is C13H18N2O4S. The van der Waals surface area contributed by atoms with Crippen LogP contribution in [0.2, 0.25) is 0 Å². The van der Waals surface area contributed by atoms with Gasteiger partial charge in [-0.25, -0.2) is 13.4 Å². The van der Waals surface area contributed by atoms with E-state index in [0.717, 1.165) is 6.26 Å². The molecule has 0 aromatic carbocycles. The standard InChI is InChI=1S/C13H18N2O4S/c1-13(2,3)12(16)14-10-7-6-9(8-11(10)19-4)15-20(5,17)18/h6-8H,1-5H3/b14-10?,15-9+. The van der Waals surface area contributed by atoms with Crippen molar-refractivity contribution in [1.82, 2.24) is 0 Å². The van der Waals surface area contributed by atoms with Crippen LogP contribution in [0.4, 0.5) is 0 Å². The molecule has 0 aliphatic heterocycles. The van der Waals surface area contributed by atoms with E-state index < -0.39 is 15.4 Å². The molecule has 0 saturated carbocycles. The number of amides is 1. The highest BCUT2D eigenvalue weighted by atomic mass is 32.2. The number of methoxy groups -OCH3 is 1. The summed E-state index contributed by atoms with van der Waals surface area (Å²) in [4.78, 5) is 15.9. The Balaban J connectivity index is 3.16. The molecule has 0 saturated heterocycles.